The summed E-state index contributed by atoms with van der Waals surface area (Å²) in [6.45, 7) is 19.9. The average Bonchev–Trinajstić information content (AvgIpc) is 2.92. The standard InChI is InChI=1S/C36H44O11/c1-33(2,3)29(38)43-20-17-23(42-13)25-24(18-20)44-27(28(26(25)37)47-32(41)36(10,11)12)19-14-15-21(45-30(39)34(4,5)6)22(16-19)46-31(40)35(7,8)9/h14-18H,1-13H3. The Kier molecular flexibility index (Phi) is 10.1. The van der Waals surface area contributed by atoms with Crippen molar-refractivity contribution in [1.29, 1.82) is 0 Å². The van der Waals surface area contributed by atoms with Gasteiger partial charge < -0.3 is 28.1 Å². The Morgan fingerprint density at radius 1 is 0.574 bits per heavy atom. The molecule has 0 saturated heterocycles. The van der Waals surface area contributed by atoms with Gasteiger partial charge in [0.05, 0.1) is 28.8 Å². The van der Waals surface area contributed by atoms with Gasteiger partial charge in [-0.25, -0.2) is 0 Å². The minimum Gasteiger partial charge on any atom is -0.496 e. The molecule has 0 spiro atoms. The molecule has 0 amide bonds. The highest BCUT2D eigenvalue weighted by atomic mass is 16.6. The molecule has 3 aromatic rings. The van der Waals surface area contributed by atoms with E-state index in [1.165, 1.54) is 37.4 Å². The summed E-state index contributed by atoms with van der Waals surface area (Å²) in [5.74, 6) is -3.27. The van der Waals surface area contributed by atoms with E-state index < -0.39 is 56.7 Å². The van der Waals surface area contributed by atoms with Gasteiger partial charge in [-0.3, -0.25) is 24.0 Å². The van der Waals surface area contributed by atoms with Gasteiger partial charge in [-0.2, -0.15) is 0 Å². The molecule has 1 aromatic heterocycles. The van der Waals surface area contributed by atoms with Crippen LogP contribution in [0.5, 0.6) is 28.7 Å². The van der Waals surface area contributed by atoms with Crippen molar-refractivity contribution in [1.82, 2.24) is 0 Å². The van der Waals surface area contributed by atoms with Gasteiger partial charge in [-0.15, -0.1) is 0 Å². The van der Waals surface area contributed by atoms with Crippen LogP contribution in [-0.4, -0.2) is 31.0 Å². The van der Waals surface area contributed by atoms with E-state index in [0.29, 0.717) is 0 Å². The molecule has 3 rings (SSSR count). The van der Waals surface area contributed by atoms with Crippen molar-refractivity contribution in [2.75, 3.05) is 7.11 Å². The Labute approximate surface area is 274 Å². The fourth-order valence-corrected chi connectivity index (χ4v) is 3.57. The van der Waals surface area contributed by atoms with E-state index in [1.807, 2.05) is 0 Å². The SMILES string of the molecule is COc1cc(OC(=O)C(C)(C)C)cc2oc(-c3ccc(OC(=O)C(C)(C)C)c(OC(=O)C(C)(C)C)c3)c(OC(=O)C(C)(C)C)c(=O)c12. The van der Waals surface area contributed by atoms with Gasteiger partial charge in [0.25, 0.3) is 0 Å². The van der Waals surface area contributed by atoms with Gasteiger partial charge in [0.1, 0.15) is 22.5 Å². The summed E-state index contributed by atoms with van der Waals surface area (Å²) in [6, 6.07) is 6.89. The topological polar surface area (TPSA) is 145 Å². The van der Waals surface area contributed by atoms with Crippen LogP contribution in [0.15, 0.2) is 39.5 Å². The molecule has 1 heterocycles. The zero-order chi connectivity index (χ0) is 35.9. The molecule has 0 fully saturated rings. The van der Waals surface area contributed by atoms with Gasteiger partial charge in [-0.05, 0) is 101 Å². The largest absolute Gasteiger partial charge is 0.496 e. The molecule has 0 N–H and O–H groups in total. The fourth-order valence-electron chi connectivity index (χ4n) is 3.57. The van der Waals surface area contributed by atoms with Crippen molar-refractivity contribution in [3.63, 3.8) is 0 Å². The highest BCUT2D eigenvalue weighted by Crippen LogP contribution is 2.41. The third-order valence-corrected chi connectivity index (χ3v) is 6.58. The second-order valence-corrected chi connectivity index (χ2v) is 15.3. The average molecular weight is 653 g/mol. The predicted molar refractivity (Wildman–Crippen MR) is 175 cm³/mol. The maximum absolute atomic E-state index is 14.1. The van der Waals surface area contributed by atoms with Crippen LogP contribution in [0.2, 0.25) is 0 Å². The number of ether oxygens (including phenoxy) is 5. The zero-order valence-electron chi connectivity index (χ0n) is 29.4. The van der Waals surface area contributed by atoms with E-state index in [2.05, 4.69) is 0 Å². The number of rotatable bonds is 6. The summed E-state index contributed by atoms with van der Waals surface area (Å²) >= 11 is 0. The van der Waals surface area contributed by atoms with Gasteiger partial charge in [-0.1, -0.05) is 0 Å². The molecule has 0 aliphatic heterocycles. The first kappa shape index (κ1) is 36.8. The third kappa shape index (κ3) is 8.58. The van der Waals surface area contributed by atoms with Crippen molar-refractivity contribution in [3.8, 4) is 40.1 Å². The fraction of sp³-hybridized carbons (Fsp3) is 0.472. The molecular weight excluding hydrogens is 608 g/mol. The molecule has 47 heavy (non-hydrogen) atoms. The molecule has 0 aliphatic rings. The summed E-state index contributed by atoms with van der Waals surface area (Å²) in [7, 11) is 1.33. The lowest BCUT2D eigenvalue weighted by atomic mass is 9.97. The second-order valence-electron chi connectivity index (χ2n) is 15.3. The van der Waals surface area contributed by atoms with Crippen LogP contribution < -0.4 is 29.1 Å². The van der Waals surface area contributed by atoms with E-state index in [0.717, 1.165) is 0 Å². The molecule has 11 heteroatoms. The van der Waals surface area contributed by atoms with E-state index in [4.69, 9.17) is 28.1 Å². The molecule has 0 unspecified atom stereocenters. The van der Waals surface area contributed by atoms with Crippen molar-refractivity contribution in [3.05, 3.63) is 40.6 Å². The molecule has 0 saturated carbocycles. The number of hydrogen-bond donors (Lipinski definition) is 0. The number of esters is 4. The third-order valence-electron chi connectivity index (χ3n) is 6.58. The Bertz CT molecular complexity index is 1780. The minimum atomic E-state index is -1.01. The van der Waals surface area contributed by atoms with Crippen LogP contribution in [-0.2, 0) is 19.2 Å². The van der Waals surface area contributed by atoms with Crippen LogP contribution in [0.4, 0.5) is 0 Å². The van der Waals surface area contributed by atoms with E-state index in [1.54, 1.807) is 83.1 Å². The first-order valence-corrected chi connectivity index (χ1v) is 15.1. The first-order chi connectivity index (χ1) is 21.3. The van der Waals surface area contributed by atoms with Crippen LogP contribution in [0.25, 0.3) is 22.3 Å². The van der Waals surface area contributed by atoms with Crippen LogP contribution in [0.1, 0.15) is 83.1 Å². The molecular formula is C36H44O11. The van der Waals surface area contributed by atoms with E-state index >= 15 is 0 Å². The summed E-state index contributed by atoms with van der Waals surface area (Å²) in [5.41, 5.74) is -4.30. The number of hydrogen-bond acceptors (Lipinski definition) is 11. The summed E-state index contributed by atoms with van der Waals surface area (Å²) in [5, 5.41) is -0.0707. The van der Waals surface area contributed by atoms with Gasteiger partial charge in [0, 0.05) is 17.7 Å². The zero-order valence-corrected chi connectivity index (χ0v) is 29.4. The molecule has 11 nitrogen and oxygen atoms in total. The lowest BCUT2D eigenvalue weighted by Gasteiger charge is -2.21. The summed E-state index contributed by atoms with van der Waals surface area (Å²) in [4.78, 5) is 65.6. The van der Waals surface area contributed by atoms with Crippen molar-refractivity contribution >= 4 is 34.8 Å². The Morgan fingerprint density at radius 2 is 1.04 bits per heavy atom. The monoisotopic (exact) mass is 652 g/mol. The lowest BCUT2D eigenvalue weighted by Crippen LogP contribution is -2.28. The van der Waals surface area contributed by atoms with Crippen molar-refractivity contribution in [2.24, 2.45) is 21.7 Å². The maximum Gasteiger partial charge on any atom is 0.316 e. The smallest absolute Gasteiger partial charge is 0.316 e. The molecule has 254 valence electrons. The maximum atomic E-state index is 14.1. The Balaban J connectivity index is 2.38. The van der Waals surface area contributed by atoms with Crippen LogP contribution in [0, 0.1) is 21.7 Å². The van der Waals surface area contributed by atoms with Crippen LogP contribution in [0.3, 0.4) is 0 Å². The van der Waals surface area contributed by atoms with Crippen LogP contribution >= 0.6 is 0 Å². The van der Waals surface area contributed by atoms with E-state index in [-0.39, 0.29) is 45.3 Å². The number of benzene rings is 2. The molecule has 0 aliphatic carbocycles. The second kappa shape index (κ2) is 12.8. The predicted octanol–water partition coefficient (Wildman–Crippen LogP) is 7.27. The minimum absolute atomic E-state index is 0.0109. The molecule has 2 aromatic carbocycles. The normalized spacial score (nSPS) is 12.4. The molecule has 0 radical (unpaired) electrons. The van der Waals surface area contributed by atoms with Crippen molar-refractivity contribution < 1.29 is 47.3 Å². The number of methoxy groups -OCH3 is 1. The highest BCUT2D eigenvalue weighted by molar-refractivity contribution is 5.91. The number of fused-ring (bicyclic) bond motifs is 1. The Hall–Kier alpha value is -4.67. The van der Waals surface area contributed by atoms with Gasteiger partial charge in [0.15, 0.2) is 17.3 Å². The quantitative estimate of drug-likeness (QED) is 0.196. The molecule has 0 bridgehead atoms. The van der Waals surface area contributed by atoms with Gasteiger partial charge >= 0.3 is 23.9 Å². The summed E-state index contributed by atoms with van der Waals surface area (Å²) < 4.78 is 34.2. The number of carbonyl (C=O) groups excluding carboxylic acids is 4. The lowest BCUT2D eigenvalue weighted by molar-refractivity contribution is -0.145. The Morgan fingerprint density at radius 3 is 1.53 bits per heavy atom. The number of carbonyl (C=O) groups is 4. The van der Waals surface area contributed by atoms with E-state index in [9.17, 15) is 24.0 Å². The van der Waals surface area contributed by atoms with Crippen molar-refractivity contribution in [2.45, 2.75) is 83.1 Å². The first-order valence-electron chi connectivity index (χ1n) is 15.1. The van der Waals surface area contributed by atoms with Gasteiger partial charge in [0.2, 0.25) is 11.2 Å². The highest BCUT2D eigenvalue weighted by Gasteiger charge is 2.32. The molecule has 0 atom stereocenters. The summed E-state index contributed by atoms with van der Waals surface area (Å²) in [6.07, 6.45) is 0.